The van der Waals surface area contributed by atoms with Crippen LogP contribution in [0.3, 0.4) is 0 Å². The van der Waals surface area contributed by atoms with Gasteiger partial charge >= 0.3 is 0 Å². The molecule has 0 aromatic heterocycles. The summed E-state index contributed by atoms with van der Waals surface area (Å²) in [7, 11) is -2.96. The van der Waals surface area contributed by atoms with E-state index < -0.39 is 9.84 Å². The van der Waals surface area contributed by atoms with Crippen LogP contribution in [-0.2, 0) is 15.3 Å². The second-order valence-electron chi connectivity index (χ2n) is 5.26. The van der Waals surface area contributed by atoms with E-state index in [-0.39, 0.29) is 23.8 Å². The Labute approximate surface area is 108 Å². The Morgan fingerprint density at radius 3 is 2.28 bits per heavy atom. The fourth-order valence-corrected chi connectivity index (χ4v) is 3.82. The van der Waals surface area contributed by atoms with Crippen LogP contribution in [-0.4, -0.2) is 32.1 Å². The summed E-state index contributed by atoms with van der Waals surface area (Å²) in [5.41, 5.74) is 7.47. The zero-order chi connectivity index (χ0) is 13.4. The highest BCUT2D eigenvalue weighted by molar-refractivity contribution is 7.90. The van der Waals surface area contributed by atoms with Crippen LogP contribution >= 0.6 is 0 Å². The molecule has 0 spiro atoms. The molecular weight excluding hydrogens is 250 g/mol. The molecular formula is C13H19NO3S. The second-order valence-corrected chi connectivity index (χ2v) is 7.40. The van der Waals surface area contributed by atoms with Crippen molar-refractivity contribution in [1.29, 1.82) is 0 Å². The Kier molecular flexibility index (Phi) is 3.49. The summed E-state index contributed by atoms with van der Waals surface area (Å²) in [5.74, 6) is 0.214. The van der Waals surface area contributed by atoms with Crippen LogP contribution in [0.15, 0.2) is 24.3 Å². The normalized spacial score (nSPS) is 19.5. The third-order valence-electron chi connectivity index (χ3n) is 3.54. The maximum atomic E-state index is 11.4. The Balaban J connectivity index is 2.20. The van der Waals surface area contributed by atoms with Gasteiger partial charge in [0.1, 0.15) is 9.84 Å². The molecule has 1 aliphatic rings. The van der Waals surface area contributed by atoms with Gasteiger partial charge in [-0.2, -0.15) is 0 Å². The van der Waals surface area contributed by atoms with Crippen molar-refractivity contribution in [1.82, 2.24) is 0 Å². The molecule has 1 atom stereocenters. The number of aliphatic hydroxyl groups excluding tert-OH is 1. The Hall–Kier alpha value is -0.910. The van der Waals surface area contributed by atoms with Crippen molar-refractivity contribution in [2.45, 2.75) is 24.3 Å². The first kappa shape index (κ1) is 13.5. The van der Waals surface area contributed by atoms with E-state index in [2.05, 4.69) is 0 Å². The molecule has 1 fully saturated rings. The smallest absolute Gasteiger partial charge is 0.148 e. The summed E-state index contributed by atoms with van der Waals surface area (Å²) in [6.45, 7) is -0.0895. The third kappa shape index (κ3) is 2.91. The van der Waals surface area contributed by atoms with Gasteiger partial charge < -0.3 is 10.8 Å². The number of rotatable bonds is 5. The highest BCUT2D eigenvalue weighted by atomic mass is 32.2. The molecule has 2 rings (SSSR count). The van der Waals surface area contributed by atoms with Crippen molar-refractivity contribution in [3.05, 3.63) is 35.4 Å². The molecule has 1 saturated carbocycles. The van der Waals surface area contributed by atoms with Crippen LogP contribution < -0.4 is 5.73 Å². The minimum atomic E-state index is -2.96. The Morgan fingerprint density at radius 2 is 1.89 bits per heavy atom. The standard InChI is InChI=1S/C13H19NO3S/c1-18(16,17)9-13(6-7-13)11-4-2-10(3-5-11)12(14)8-15/h2-5,12,15H,6-9,14H2,1H3. The van der Waals surface area contributed by atoms with E-state index >= 15 is 0 Å². The first-order valence-corrected chi connectivity index (χ1v) is 8.07. The summed E-state index contributed by atoms with van der Waals surface area (Å²) < 4.78 is 22.9. The number of benzene rings is 1. The van der Waals surface area contributed by atoms with Crippen molar-refractivity contribution in [3.8, 4) is 0 Å². The maximum absolute atomic E-state index is 11.4. The topological polar surface area (TPSA) is 80.4 Å². The molecule has 1 aromatic rings. The van der Waals surface area contributed by atoms with Gasteiger partial charge in [0.2, 0.25) is 0 Å². The monoisotopic (exact) mass is 269 g/mol. The van der Waals surface area contributed by atoms with E-state index in [1.54, 1.807) is 0 Å². The van der Waals surface area contributed by atoms with Crippen LogP contribution in [0.2, 0.25) is 0 Å². The largest absolute Gasteiger partial charge is 0.394 e. The quantitative estimate of drug-likeness (QED) is 0.827. The van der Waals surface area contributed by atoms with Gasteiger partial charge in [0.05, 0.1) is 18.4 Å². The summed E-state index contributed by atoms with van der Waals surface area (Å²) in [6, 6.07) is 7.24. The number of hydrogen-bond donors (Lipinski definition) is 2. The maximum Gasteiger partial charge on any atom is 0.148 e. The van der Waals surface area contributed by atoms with Crippen molar-refractivity contribution >= 4 is 9.84 Å². The van der Waals surface area contributed by atoms with Gasteiger partial charge in [-0.15, -0.1) is 0 Å². The van der Waals surface area contributed by atoms with Crippen molar-refractivity contribution in [3.63, 3.8) is 0 Å². The zero-order valence-corrected chi connectivity index (χ0v) is 11.3. The first-order valence-electron chi connectivity index (χ1n) is 6.01. The molecule has 0 saturated heterocycles. The molecule has 0 bridgehead atoms. The second kappa shape index (κ2) is 4.64. The van der Waals surface area contributed by atoms with Crippen LogP contribution in [0.5, 0.6) is 0 Å². The van der Waals surface area contributed by atoms with Crippen molar-refractivity contribution in [2.75, 3.05) is 18.6 Å². The van der Waals surface area contributed by atoms with Gasteiger partial charge in [-0.05, 0) is 24.0 Å². The van der Waals surface area contributed by atoms with Crippen LogP contribution in [0.25, 0.3) is 0 Å². The van der Waals surface area contributed by atoms with Gasteiger partial charge in [-0.25, -0.2) is 8.42 Å². The molecule has 1 aromatic carbocycles. The third-order valence-corrected chi connectivity index (χ3v) is 4.62. The average Bonchev–Trinajstić information content (AvgIpc) is 3.07. The molecule has 0 heterocycles. The molecule has 18 heavy (non-hydrogen) atoms. The van der Waals surface area contributed by atoms with Gasteiger partial charge in [0, 0.05) is 11.7 Å². The highest BCUT2D eigenvalue weighted by Crippen LogP contribution is 2.49. The van der Waals surface area contributed by atoms with Gasteiger partial charge in [-0.1, -0.05) is 24.3 Å². The molecule has 5 heteroatoms. The average molecular weight is 269 g/mol. The molecule has 3 N–H and O–H groups in total. The fourth-order valence-electron chi connectivity index (χ4n) is 2.36. The summed E-state index contributed by atoms with van der Waals surface area (Å²) in [5, 5.41) is 8.98. The van der Waals surface area contributed by atoms with Crippen LogP contribution in [0.1, 0.15) is 30.0 Å². The molecule has 0 aliphatic heterocycles. The predicted molar refractivity (Wildman–Crippen MR) is 71.1 cm³/mol. The van der Waals surface area contributed by atoms with Gasteiger partial charge in [0.25, 0.3) is 0 Å². The highest BCUT2D eigenvalue weighted by Gasteiger charge is 2.46. The van der Waals surface area contributed by atoms with Crippen LogP contribution in [0.4, 0.5) is 0 Å². The number of hydrogen-bond acceptors (Lipinski definition) is 4. The van der Waals surface area contributed by atoms with E-state index in [0.717, 1.165) is 24.0 Å². The lowest BCUT2D eigenvalue weighted by Crippen LogP contribution is -2.20. The SMILES string of the molecule is CS(=O)(=O)CC1(c2ccc(C(N)CO)cc2)CC1. The summed E-state index contributed by atoms with van der Waals surface area (Å²) in [4.78, 5) is 0. The lowest BCUT2D eigenvalue weighted by atomic mass is 9.96. The molecule has 0 amide bonds. The van der Waals surface area contributed by atoms with E-state index in [1.807, 2.05) is 24.3 Å². The molecule has 1 unspecified atom stereocenters. The molecule has 1 aliphatic carbocycles. The number of sulfone groups is 1. The molecule has 4 nitrogen and oxygen atoms in total. The van der Waals surface area contributed by atoms with Crippen molar-refractivity contribution < 1.29 is 13.5 Å². The summed E-state index contributed by atoms with van der Waals surface area (Å²) in [6.07, 6.45) is 3.13. The zero-order valence-electron chi connectivity index (χ0n) is 10.5. The van der Waals surface area contributed by atoms with Gasteiger partial charge in [0.15, 0.2) is 0 Å². The van der Waals surface area contributed by atoms with Gasteiger partial charge in [-0.3, -0.25) is 0 Å². The molecule has 0 radical (unpaired) electrons. The number of aliphatic hydroxyl groups is 1. The van der Waals surface area contributed by atoms with Crippen LogP contribution in [0, 0.1) is 0 Å². The minimum absolute atomic E-state index is 0.0895. The van der Waals surface area contributed by atoms with E-state index in [4.69, 9.17) is 10.8 Å². The number of nitrogens with two attached hydrogens (primary N) is 1. The minimum Gasteiger partial charge on any atom is -0.394 e. The lowest BCUT2D eigenvalue weighted by Gasteiger charge is -2.16. The van der Waals surface area contributed by atoms with E-state index in [0.29, 0.717) is 0 Å². The lowest BCUT2D eigenvalue weighted by molar-refractivity contribution is 0.268. The first-order chi connectivity index (χ1) is 8.36. The van der Waals surface area contributed by atoms with E-state index in [1.165, 1.54) is 6.26 Å². The fraction of sp³-hybridized carbons (Fsp3) is 0.538. The summed E-state index contributed by atoms with van der Waals surface area (Å²) >= 11 is 0. The Bertz CT molecular complexity index is 518. The Morgan fingerprint density at radius 1 is 1.33 bits per heavy atom. The van der Waals surface area contributed by atoms with Crippen molar-refractivity contribution in [2.24, 2.45) is 5.73 Å². The van der Waals surface area contributed by atoms with E-state index in [9.17, 15) is 8.42 Å². The predicted octanol–water partition coefficient (Wildman–Crippen LogP) is 0.755. The molecule has 100 valence electrons.